The van der Waals surface area contributed by atoms with Crippen LogP contribution in [0.15, 0.2) is 0 Å². The molecule has 1 N–H and O–H groups in total. The maximum atomic E-state index is 11.1. The van der Waals surface area contributed by atoms with Gasteiger partial charge in [0.2, 0.25) is 5.91 Å². The molecule has 1 atom stereocenters. The second-order valence-electron chi connectivity index (χ2n) is 2.99. The van der Waals surface area contributed by atoms with Crippen molar-refractivity contribution in [3.05, 3.63) is 0 Å². The first kappa shape index (κ1) is 13.6. The van der Waals surface area contributed by atoms with Gasteiger partial charge in [0.15, 0.2) is 0 Å². The van der Waals surface area contributed by atoms with Crippen molar-refractivity contribution in [1.29, 1.82) is 0 Å². The predicted molar refractivity (Wildman–Crippen MR) is 58.3 cm³/mol. The van der Waals surface area contributed by atoms with Gasteiger partial charge in [0.25, 0.3) is 0 Å². The van der Waals surface area contributed by atoms with Crippen LogP contribution in [0.2, 0.25) is 0 Å². The van der Waals surface area contributed by atoms with Crippen LogP contribution in [0.5, 0.6) is 0 Å². The first-order chi connectivity index (χ1) is 6.65. The Morgan fingerprint density at radius 2 is 1.79 bits per heavy atom. The Kier molecular flexibility index (Phi) is 7.74. The van der Waals surface area contributed by atoms with Crippen LogP contribution in [-0.2, 0) is 13.6 Å². The van der Waals surface area contributed by atoms with Crippen LogP contribution in [0.4, 0.5) is 0 Å². The van der Waals surface area contributed by atoms with Crippen LogP contribution in [0, 0.1) is 0 Å². The van der Waals surface area contributed by atoms with Gasteiger partial charge in [-0.25, -0.2) is 0 Å². The van der Waals surface area contributed by atoms with E-state index in [-0.39, 0.29) is 11.6 Å². The molecule has 1 amide bonds. The first-order valence-electron chi connectivity index (χ1n) is 5.18. The van der Waals surface area contributed by atoms with Crippen molar-refractivity contribution >= 4 is 15.2 Å². The molecule has 0 radical (unpaired) electrons. The Morgan fingerprint density at radius 3 is 2.14 bits per heavy atom. The molecular formula is C9H21NO3Si. The molecule has 84 valence electrons. The van der Waals surface area contributed by atoms with Gasteiger partial charge in [-0.15, -0.1) is 0 Å². The smallest absolute Gasteiger partial charge is 0.344 e. The van der Waals surface area contributed by atoms with Crippen LogP contribution < -0.4 is 5.32 Å². The van der Waals surface area contributed by atoms with Crippen molar-refractivity contribution in [3.63, 3.8) is 0 Å². The summed E-state index contributed by atoms with van der Waals surface area (Å²) in [7, 11) is -1.73. The molecule has 5 heteroatoms. The summed E-state index contributed by atoms with van der Waals surface area (Å²) in [6, 6.07) is 0. The summed E-state index contributed by atoms with van der Waals surface area (Å²) in [5, 5.41) is 2.87. The molecule has 4 nitrogen and oxygen atoms in total. The highest BCUT2D eigenvalue weighted by molar-refractivity contribution is 6.46. The average molecular weight is 219 g/mol. The van der Waals surface area contributed by atoms with Crippen LogP contribution in [0.1, 0.15) is 34.1 Å². The summed E-state index contributed by atoms with van der Waals surface area (Å²) in [4.78, 5) is 11.1. The number of carbonyl (C=O) groups is 1. The molecule has 0 bridgehead atoms. The number of amides is 1. The fraction of sp³-hybridized carbons (Fsp3) is 0.889. The van der Waals surface area contributed by atoms with E-state index in [1.165, 1.54) is 0 Å². The van der Waals surface area contributed by atoms with E-state index in [1.807, 2.05) is 27.7 Å². The Morgan fingerprint density at radius 1 is 1.29 bits per heavy atom. The predicted octanol–water partition coefficient (Wildman–Crippen LogP) is 0.734. The molecule has 0 heterocycles. The number of nitrogens with one attached hydrogen (secondary N) is 1. The van der Waals surface area contributed by atoms with E-state index in [2.05, 4.69) is 5.32 Å². The van der Waals surface area contributed by atoms with Gasteiger partial charge in [-0.1, -0.05) is 6.92 Å². The number of carbonyl (C=O) groups excluding carboxylic acids is 1. The highest BCUT2D eigenvalue weighted by Gasteiger charge is 2.22. The minimum atomic E-state index is -1.73. The quantitative estimate of drug-likeness (QED) is 0.642. The zero-order valence-electron chi connectivity index (χ0n) is 9.50. The highest BCUT2D eigenvalue weighted by atomic mass is 28.3. The van der Waals surface area contributed by atoms with E-state index >= 15 is 0 Å². The molecule has 0 rings (SSSR count). The van der Waals surface area contributed by atoms with Gasteiger partial charge in [-0.3, -0.25) is 4.79 Å². The Labute approximate surface area is 87.8 Å². The molecule has 0 aliphatic heterocycles. The number of rotatable bonds is 7. The lowest BCUT2D eigenvalue weighted by atomic mass is 10.4. The third-order valence-corrected chi connectivity index (χ3v) is 4.09. The number of hydrogen-bond donors (Lipinski definition) is 1. The van der Waals surface area contributed by atoms with Crippen LogP contribution >= 0.6 is 0 Å². The van der Waals surface area contributed by atoms with E-state index < -0.39 is 9.28 Å². The van der Waals surface area contributed by atoms with Crippen molar-refractivity contribution in [2.45, 2.75) is 39.8 Å². The van der Waals surface area contributed by atoms with E-state index in [0.717, 1.165) is 0 Å². The molecule has 0 saturated heterocycles. The van der Waals surface area contributed by atoms with Crippen molar-refractivity contribution in [2.24, 2.45) is 0 Å². The summed E-state index contributed by atoms with van der Waals surface area (Å²) >= 11 is 0. The molecule has 0 spiro atoms. The third-order valence-electron chi connectivity index (χ3n) is 1.78. The maximum absolute atomic E-state index is 11.1. The molecule has 0 saturated carbocycles. The maximum Gasteiger partial charge on any atom is 0.344 e. The van der Waals surface area contributed by atoms with Crippen molar-refractivity contribution in [2.75, 3.05) is 13.2 Å². The molecule has 14 heavy (non-hydrogen) atoms. The zero-order chi connectivity index (χ0) is 11.0. The van der Waals surface area contributed by atoms with E-state index in [1.54, 1.807) is 0 Å². The van der Waals surface area contributed by atoms with Gasteiger partial charge >= 0.3 is 9.28 Å². The van der Waals surface area contributed by atoms with Gasteiger partial charge in [-0.2, -0.15) is 0 Å². The molecule has 1 unspecified atom stereocenters. The van der Waals surface area contributed by atoms with E-state index in [0.29, 0.717) is 19.6 Å². The van der Waals surface area contributed by atoms with E-state index in [9.17, 15) is 4.79 Å². The molecule has 0 aromatic rings. The minimum Gasteiger partial charge on any atom is -0.396 e. The van der Waals surface area contributed by atoms with Crippen molar-refractivity contribution < 1.29 is 13.6 Å². The van der Waals surface area contributed by atoms with Gasteiger partial charge in [-0.05, 0) is 20.8 Å². The summed E-state index contributed by atoms with van der Waals surface area (Å²) in [6.45, 7) is 8.93. The standard InChI is InChI=1S/C9H21NO3Si/c1-5-9(11)10-8(4)14(12-6-2)13-7-3/h8,14H,5-7H2,1-4H3,(H,10,11). The monoisotopic (exact) mass is 219 g/mol. The largest absolute Gasteiger partial charge is 0.396 e. The van der Waals surface area contributed by atoms with E-state index in [4.69, 9.17) is 8.85 Å². The molecular weight excluding hydrogens is 198 g/mol. The highest BCUT2D eigenvalue weighted by Crippen LogP contribution is 1.97. The van der Waals surface area contributed by atoms with Gasteiger partial charge in [0, 0.05) is 19.6 Å². The number of hydrogen-bond acceptors (Lipinski definition) is 3. The topological polar surface area (TPSA) is 47.6 Å². The van der Waals surface area contributed by atoms with Gasteiger partial charge in [0.1, 0.15) is 0 Å². The summed E-state index contributed by atoms with van der Waals surface area (Å²) in [6.07, 6.45) is 0.504. The lowest BCUT2D eigenvalue weighted by Gasteiger charge is -2.22. The Balaban J connectivity index is 3.99. The Bertz CT molecular complexity index is 160. The zero-order valence-corrected chi connectivity index (χ0v) is 10.7. The second-order valence-corrected chi connectivity index (χ2v) is 5.39. The fourth-order valence-corrected chi connectivity index (χ4v) is 2.74. The molecule has 0 aliphatic carbocycles. The van der Waals surface area contributed by atoms with Crippen LogP contribution in [-0.4, -0.2) is 34.1 Å². The Hall–Kier alpha value is -0.393. The SMILES string of the molecule is CCO[SiH](OCC)C(C)NC(=O)CC. The molecule has 0 aliphatic rings. The minimum absolute atomic E-state index is 0.0300. The lowest BCUT2D eigenvalue weighted by molar-refractivity contribution is -0.121. The van der Waals surface area contributed by atoms with Gasteiger partial charge < -0.3 is 14.2 Å². The molecule has 0 fully saturated rings. The van der Waals surface area contributed by atoms with Crippen molar-refractivity contribution in [3.8, 4) is 0 Å². The normalized spacial score (nSPS) is 12.9. The average Bonchev–Trinajstić information content (AvgIpc) is 2.17. The third kappa shape index (κ3) is 5.36. The lowest BCUT2D eigenvalue weighted by Crippen LogP contribution is -2.47. The second kappa shape index (κ2) is 7.96. The summed E-state index contributed by atoms with van der Waals surface area (Å²) in [5.41, 5.74) is 0.0300. The molecule has 0 aromatic heterocycles. The van der Waals surface area contributed by atoms with Gasteiger partial charge in [0.05, 0.1) is 5.67 Å². The molecule has 0 aromatic carbocycles. The summed E-state index contributed by atoms with van der Waals surface area (Å²) < 4.78 is 11.0. The fourth-order valence-electron chi connectivity index (χ4n) is 1.09. The van der Waals surface area contributed by atoms with Crippen LogP contribution in [0.25, 0.3) is 0 Å². The van der Waals surface area contributed by atoms with Crippen molar-refractivity contribution in [1.82, 2.24) is 5.32 Å². The van der Waals surface area contributed by atoms with Crippen LogP contribution in [0.3, 0.4) is 0 Å². The first-order valence-corrected chi connectivity index (χ1v) is 6.79. The summed E-state index contributed by atoms with van der Waals surface area (Å²) in [5.74, 6) is 0.0504.